The second kappa shape index (κ2) is 9.07. The van der Waals surface area contributed by atoms with Crippen molar-refractivity contribution in [2.45, 2.75) is 72.5 Å². The molecule has 130 valence electrons. The van der Waals surface area contributed by atoms with Crippen molar-refractivity contribution < 1.29 is 14.3 Å². The Morgan fingerprint density at radius 2 is 1.65 bits per heavy atom. The van der Waals surface area contributed by atoms with E-state index in [0.29, 0.717) is 13.0 Å². The third kappa shape index (κ3) is 10.1. The Morgan fingerprint density at radius 3 is 2.26 bits per heavy atom. The Labute approximate surface area is 141 Å². The largest absolute Gasteiger partial charge is 0.460 e. The Hall–Kier alpha value is -1.35. The lowest BCUT2D eigenvalue weighted by molar-refractivity contribution is -0.155. The number of ether oxygens (including phenoxy) is 2. The Bertz CT molecular complexity index is 458. The maximum absolute atomic E-state index is 11.8. The Balaban J connectivity index is 2.16. The minimum Gasteiger partial charge on any atom is -0.460 e. The van der Waals surface area contributed by atoms with Crippen LogP contribution in [0.3, 0.4) is 0 Å². The zero-order chi connectivity index (χ0) is 17.3. The summed E-state index contributed by atoms with van der Waals surface area (Å²) < 4.78 is 11.1. The van der Waals surface area contributed by atoms with Crippen LogP contribution < -0.4 is 0 Å². The van der Waals surface area contributed by atoms with Gasteiger partial charge >= 0.3 is 5.97 Å². The summed E-state index contributed by atoms with van der Waals surface area (Å²) in [6, 6.07) is 10.2. The van der Waals surface area contributed by atoms with Crippen molar-refractivity contribution in [3.63, 3.8) is 0 Å². The van der Waals surface area contributed by atoms with Gasteiger partial charge in [-0.15, -0.1) is 0 Å². The first-order valence-corrected chi connectivity index (χ1v) is 8.51. The second-order valence-corrected chi connectivity index (χ2v) is 7.89. The maximum Gasteiger partial charge on any atom is 0.306 e. The van der Waals surface area contributed by atoms with Crippen molar-refractivity contribution in [1.82, 2.24) is 0 Å². The van der Waals surface area contributed by atoms with Crippen molar-refractivity contribution in [3.05, 3.63) is 35.9 Å². The predicted molar refractivity (Wildman–Crippen MR) is 94.2 cm³/mol. The van der Waals surface area contributed by atoms with E-state index in [1.807, 2.05) is 39.0 Å². The number of carbonyl (C=O) groups excluding carboxylic acids is 1. The van der Waals surface area contributed by atoms with Gasteiger partial charge in [0.15, 0.2) is 0 Å². The lowest BCUT2D eigenvalue weighted by Gasteiger charge is -2.25. The van der Waals surface area contributed by atoms with E-state index in [2.05, 4.69) is 26.0 Å². The number of hydrogen-bond donors (Lipinski definition) is 0. The molecular formula is C20H32O3. The third-order valence-electron chi connectivity index (χ3n) is 3.68. The first-order chi connectivity index (χ1) is 10.7. The van der Waals surface area contributed by atoms with E-state index in [-0.39, 0.29) is 11.4 Å². The highest BCUT2D eigenvalue weighted by atomic mass is 16.6. The number of benzene rings is 1. The molecule has 1 aromatic rings. The lowest BCUT2D eigenvalue weighted by Crippen LogP contribution is -2.25. The summed E-state index contributed by atoms with van der Waals surface area (Å²) in [5.74, 6) is -0.106. The molecule has 23 heavy (non-hydrogen) atoms. The molecule has 0 radical (unpaired) electrons. The average Bonchev–Trinajstić information content (AvgIpc) is 2.44. The molecule has 0 N–H and O–H groups in total. The summed E-state index contributed by atoms with van der Waals surface area (Å²) >= 11 is 0. The highest BCUT2D eigenvalue weighted by Gasteiger charge is 2.22. The monoisotopic (exact) mass is 320 g/mol. The molecule has 0 atom stereocenters. The van der Waals surface area contributed by atoms with Crippen molar-refractivity contribution in [3.8, 4) is 0 Å². The Kier molecular flexibility index (Phi) is 7.77. The van der Waals surface area contributed by atoms with E-state index in [9.17, 15) is 4.79 Å². The highest BCUT2D eigenvalue weighted by Crippen LogP contribution is 2.29. The number of rotatable bonds is 9. The standard InChI is InChI=1S/C20H32O3/c1-19(2,3)23-18(21)12-14-20(4,5)13-9-15-22-16-17-10-7-6-8-11-17/h6-8,10-11H,9,12-16H2,1-5H3. The molecule has 3 heteroatoms. The normalized spacial score (nSPS) is 12.2. The number of carbonyl (C=O) groups is 1. The first kappa shape index (κ1) is 19.7. The van der Waals surface area contributed by atoms with Gasteiger partial charge in [-0.3, -0.25) is 4.79 Å². The summed E-state index contributed by atoms with van der Waals surface area (Å²) in [5, 5.41) is 0. The van der Waals surface area contributed by atoms with Crippen LogP contribution in [0.5, 0.6) is 0 Å². The molecule has 3 nitrogen and oxygen atoms in total. The Morgan fingerprint density at radius 1 is 1.00 bits per heavy atom. The van der Waals surface area contributed by atoms with Crippen LogP contribution >= 0.6 is 0 Å². The smallest absolute Gasteiger partial charge is 0.306 e. The average molecular weight is 320 g/mol. The fourth-order valence-corrected chi connectivity index (χ4v) is 2.38. The van der Waals surface area contributed by atoms with Crippen LogP contribution in [-0.4, -0.2) is 18.2 Å². The molecular weight excluding hydrogens is 288 g/mol. The molecule has 0 bridgehead atoms. The van der Waals surface area contributed by atoms with Gasteiger partial charge in [-0.25, -0.2) is 0 Å². The van der Waals surface area contributed by atoms with Gasteiger partial charge < -0.3 is 9.47 Å². The van der Waals surface area contributed by atoms with Crippen molar-refractivity contribution in [2.24, 2.45) is 5.41 Å². The van der Waals surface area contributed by atoms with E-state index < -0.39 is 5.60 Å². The van der Waals surface area contributed by atoms with Gasteiger partial charge in [-0.1, -0.05) is 44.2 Å². The van der Waals surface area contributed by atoms with Crippen LogP contribution in [0.1, 0.15) is 65.9 Å². The maximum atomic E-state index is 11.8. The molecule has 0 aliphatic carbocycles. The van der Waals surface area contributed by atoms with Crippen LogP contribution in [0.2, 0.25) is 0 Å². The van der Waals surface area contributed by atoms with Gasteiger partial charge in [-0.05, 0) is 51.0 Å². The highest BCUT2D eigenvalue weighted by molar-refractivity contribution is 5.69. The fraction of sp³-hybridized carbons (Fsp3) is 0.650. The van der Waals surface area contributed by atoms with Crippen molar-refractivity contribution >= 4 is 5.97 Å². The van der Waals surface area contributed by atoms with Gasteiger partial charge in [-0.2, -0.15) is 0 Å². The van der Waals surface area contributed by atoms with Crippen LogP contribution in [0.15, 0.2) is 30.3 Å². The molecule has 0 aliphatic rings. The zero-order valence-corrected chi connectivity index (χ0v) is 15.4. The fourth-order valence-electron chi connectivity index (χ4n) is 2.38. The third-order valence-corrected chi connectivity index (χ3v) is 3.68. The van der Waals surface area contributed by atoms with E-state index in [1.165, 1.54) is 5.56 Å². The quantitative estimate of drug-likeness (QED) is 0.467. The molecule has 1 rings (SSSR count). The molecule has 0 heterocycles. The second-order valence-electron chi connectivity index (χ2n) is 7.89. The van der Waals surface area contributed by atoms with E-state index in [1.54, 1.807) is 0 Å². The summed E-state index contributed by atoms with van der Waals surface area (Å²) in [7, 11) is 0. The topological polar surface area (TPSA) is 35.5 Å². The summed E-state index contributed by atoms with van der Waals surface area (Å²) in [6.07, 6.45) is 3.38. The number of hydrogen-bond acceptors (Lipinski definition) is 3. The minimum absolute atomic E-state index is 0.106. The molecule has 1 aromatic carbocycles. The van der Waals surface area contributed by atoms with Crippen LogP contribution in [0.4, 0.5) is 0 Å². The lowest BCUT2D eigenvalue weighted by atomic mass is 9.83. The summed E-state index contributed by atoms with van der Waals surface area (Å²) in [6.45, 7) is 11.5. The molecule has 0 aliphatic heterocycles. The van der Waals surface area contributed by atoms with Crippen LogP contribution in [0, 0.1) is 5.41 Å². The van der Waals surface area contributed by atoms with Gasteiger partial charge in [0.25, 0.3) is 0 Å². The van der Waals surface area contributed by atoms with Gasteiger partial charge in [0.05, 0.1) is 6.61 Å². The van der Waals surface area contributed by atoms with Gasteiger partial charge in [0, 0.05) is 13.0 Å². The van der Waals surface area contributed by atoms with Gasteiger partial charge in [0.2, 0.25) is 0 Å². The minimum atomic E-state index is -0.396. The molecule has 0 amide bonds. The van der Waals surface area contributed by atoms with Gasteiger partial charge in [0.1, 0.15) is 5.60 Å². The van der Waals surface area contributed by atoms with E-state index in [4.69, 9.17) is 9.47 Å². The van der Waals surface area contributed by atoms with E-state index in [0.717, 1.165) is 25.9 Å². The summed E-state index contributed by atoms with van der Waals surface area (Å²) in [4.78, 5) is 11.8. The first-order valence-electron chi connectivity index (χ1n) is 8.51. The van der Waals surface area contributed by atoms with Crippen LogP contribution in [0.25, 0.3) is 0 Å². The molecule has 0 saturated carbocycles. The van der Waals surface area contributed by atoms with Crippen molar-refractivity contribution in [2.75, 3.05) is 6.61 Å². The molecule has 0 spiro atoms. The molecule has 0 unspecified atom stereocenters. The zero-order valence-electron chi connectivity index (χ0n) is 15.4. The van der Waals surface area contributed by atoms with Crippen molar-refractivity contribution in [1.29, 1.82) is 0 Å². The predicted octanol–water partition coefficient (Wildman–Crippen LogP) is 5.13. The molecule has 0 saturated heterocycles. The molecule has 0 fully saturated rings. The van der Waals surface area contributed by atoms with Crippen LogP contribution in [-0.2, 0) is 20.9 Å². The SMILES string of the molecule is CC(C)(CCCOCc1ccccc1)CCC(=O)OC(C)(C)C. The number of esters is 1. The molecule has 0 aromatic heterocycles. The van der Waals surface area contributed by atoms with E-state index >= 15 is 0 Å². The summed E-state index contributed by atoms with van der Waals surface area (Å²) in [5.41, 5.74) is 0.941.